The van der Waals surface area contributed by atoms with Gasteiger partial charge in [-0.1, -0.05) is 11.6 Å². The monoisotopic (exact) mass is 271 g/mol. The third-order valence-corrected chi connectivity index (χ3v) is 4.92. The van der Waals surface area contributed by atoms with Crippen LogP contribution >= 0.6 is 11.6 Å². The smallest absolute Gasteiger partial charge is 0.310 e. The second kappa shape index (κ2) is 3.76. The van der Waals surface area contributed by atoms with Gasteiger partial charge in [0.15, 0.2) is 0 Å². The third kappa shape index (κ3) is 2.93. The highest BCUT2D eigenvalue weighted by Crippen LogP contribution is 2.21. The lowest BCUT2D eigenvalue weighted by atomic mass is 10.9. The Bertz CT molecular complexity index is 587. The van der Waals surface area contributed by atoms with E-state index in [9.17, 15) is 12.6 Å². The number of nitrogens with zero attached hydrogens (tertiary/aromatic N) is 3. The molecule has 0 radical (unpaired) electrons. The number of hydrogen-bond donors (Lipinski definition) is 0. The molecule has 0 aliphatic carbocycles. The van der Waals surface area contributed by atoms with Gasteiger partial charge in [-0.05, 0) is 0 Å². The number of halogens is 1. The van der Waals surface area contributed by atoms with E-state index < -0.39 is 19.8 Å². The second-order valence-corrected chi connectivity index (χ2v) is 7.84. The lowest BCUT2D eigenvalue weighted by Crippen LogP contribution is -2.03. The summed E-state index contributed by atoms with van der Waals surface area (Å²) >= 11 is 5.69. The molecule has 0 spiro atoms. The highest BCUT2D eigenvalue weighted by atomic mass is 35.5. The van der Waals surface area contributed by atoms with Gasteiger partial charge in [-0.2, -0.15) is 8.42 Å². The first-order chi connectivity index (χ1) is 6.63. The van der Waals surface area contributed by atoms with Crippen molar-refractivity contribution in [2.24, 2.45) is 10.8 Å². The molecule has 1 aromatic rings. The highest BCUT2D eigenvalue weighted by molar-refractivity contribution is 8.02. The van der Waals surface area contributed by atoms with Gasteiger partial charge in [-0.25, -0.2) is 9.19 Å². The third-order valence-electron chi connectivity index (χ3n) is 1.36. The Morgan fingerprint density at radius 2 is 1.93 bits per heavy atom. The van der Waals surface area contributed by atoms with E-state index in [-0.39, 0.29) is 10.2 Å². The lowest BCUT2D eigenvalue weighted by molar-refractivity contribution is 0.595. The predicted octanol–water partition coefficient (Wildman–Crippen LogP) is 0.490. The van der Waals surface area contributed by atoms with Crippen molar-refractivity contribution in [2.45, 2.75) is 5.03 Å². The summed E-state index contributed by atoms with van der Waals surface area (Å²) in [5, 5.41) is -0.425. The summed E-state index contributed by atoms with van der Waals surface area (Å²) in [6, 6.07) is 0. The normalized spacial score (nSPS) is 12.8. The van der Waals surface area contributed by atoms with Crippen LogP contribution in [0.25, 0.3) is 0 Å². The number of aryl methyl sites for hydroxylation is 1. The maximum atomic E-state index is 11.6. The van der Waals surface area contributed by atoms with Crippen molar-refractivity contribution in [1.29, 1.82) is 0 Å². The van der Waals surface area contributed by atoms with E-state index in [1.54, 1.807) is 7.05 Å². The van der Waals surface area contributed by atoms with Crippen LogP contribution < -0.4 is 0 Å². The zero-order valence-electron chi connectivity index (χ0n) is 8.34. The minimum Gasteiger partial charge on any atom is -0.324 e. The predicted molar refractivity (Wildman–Crippen MR) is 57.8 cm³/mol. The molecule has 6 nitrogen and oxygen atoms in total. The van der Waals surface area contributed by atoms with E-state index in [0.29, 0.717) is 0 Å². The lowest BCUT2D eigenvalue weighted by Gasteiger charge is -1.97. The first-order valence-corrected chi connectivity index (χ1v) is 7.89. The molecule has 1 aromatic heterocycles. The van der Waals surface area contributed by atoms with Crippen molar-refractivity contribution in [3.05, 3.63) is 11.5 Å². The van der Waals surface area contributed by atoms with E-state index in [0.717, 1.165) is 0 Å². The van der Waals surface area contributed by atoms with E-state index in [2.05, 4.69) is 8.75 Å². The van der Waals surface area contributed by atoms with Crippen molar-refractivity contribution >= 4 is 31.4 Å². The van der Waals surface area contributed by atoms with Crippen LogP contribution in [-0.4, -0.2) is 34.7 Å². The molecule has 86 valence electrons. The van der Waals surface area contributed by atoms with Gasteiger partial charge in [0.2, 0.25) is 5.03 Å². The molecular weight excluding hydrogens is 262 g/mol. The van der Waals surface area contributed by atoms with Crippen LogP contribution in [-0.2, 0) is 26.8 Å². The van der Waals surface area contributed by atoms with Crippen molar-refractivity contribution in [1.82, 2.24) is 9.55 Å². The fourth-order valence-corrected chi connectivity index (χ4v) is 3.93. The molecule has 15 heavy (non-hydrogen) atoms. The van der Waals surface area contributed by atoms with Crippen LogP contribution in [0.4, 0.5) is 0 Å². The Labute approximate surface area is 93.5 Å². The molecule has 0 saturated heterocycles. The van der Waals surface area contributed by atoms with Crippen LogP contribution in [0.2, 0.25) is 5.15 Å². The quantitative estimate of drug-likeness (QED) is 0.784. The van der Waals surface area contributed by atoms with E-state index in [1.165, 1.54) is 23.4 Å². The zero-order chi connectivity index (χ0) is 11.9. The van der Waals surface area contributed by atoms with Gasteiger partial charge in [0, 0.05) is 19.6 Å². The van der Waals surface area contributed by atoms with Crippen LogP contribution in [0.5, 0.6) is 0 Å². The van der Waals surface area contributed by atoms with Crippen molar-refractivity contribution in [3.8, 4) is 0 Å². The molecule has 9 heteroatoms. The number of sulfonamides is 1. The number of aromatic nitrogens is 2. The molecule has 0 amide bonds. The van der Waals surface area contributed by atoms with Crippen molar-refractivity contribution < 1.29 is 12.6 Å². The van der Waals surface area contributed by atoms with Gasteiger partial charge in [-0.15, -0.1) is 3.77 Å². The fraction of sp³-hybridized carbons (Fsp3) is 0.500. The summed E-state index contributed by atoms with van der Waals surface area (Å²) < 4.78 is 39.0. The maximum absolute atomic E-state index is 11.6. The summed E-state index contributed by atoms with van der Waals surface area (Å²) in [7, 11) is -5.26. The highest BCUT2D eigenvalue weighted by Gasteiger charge is 2.22. The Morgan fingerprint density at radius 3 is 2.27 bits per heavy atom. The molecule has 0 fully saturated rings. The molecule has 0 saturated carbocycles. The molecular formula is C6H10ClN3O3S2. The number of hydrogen-bond acceptors (Lipinski definition) is 4. The molecule has 0 N–H and O–H groups in total. The average molecular weight is 272 g/mol. The average Bonchev–Trinajstić information content (AvgIpc) is 2.27. The maximum Gasteiger partial charge on any atom is 0.310 e. The van der Waals surface area contributed by atoms with Gasteiger partial charge >= 0.3 is 10.0 Å². The largest absolute Gasteiger partial charge is 0.324 e. The summed E-state index contributed by atoms with van der Waals surface area (Å²) in [6.07, 6.45) is 3.70. The first-order valence-electron chi connectivity index (χ1n) is 3.74. The minimum absolute atomic E-state index is 0.0533. The number of rotatable bonds is 2. The van der Waals surface area contributed by atoms with Crippen molar-refractivity contribution in [3.63, 3.8) is 0 Å². The van der Waals surface area contributed by atoms with Crippen LogP contribution in [0.15, 0.2) is 15.1 Å². The molecule has 0 aliphatic heterocycles. The second-order valence-electron chi connectivity index (χ2n) is 3.18. The SMILES string of the molecule is Cn1cnc(S(=O)(=O)N=S(C)(C)=O)c1Cl. The van der Waals surface area contributed by atoms with E-state index in [4.69, 9.17) is 11.6 Å². The molecule has 0 atom stereocenters. The Balaban J connectivity index is 3.45. The van der Waals surface area contributed by atoms with Crippen LogP contribution in [0, 0.1) is 0 Å². The fourth-order valence-electron chi connectivity index (χ4n) is 0.839. The molecule has 1 rings (SSSR count). The number of imidazole rings is 1. The molecule has 0 unspecified atom stereocenters. The van der Waals surface area contributed by atoms with E-state index >= 15 is 0 Å². The summed E-state index contributed by atoms with van der Waals surface area (Å²) in [5.41, 5.74) is 0. The molecule has 1 heterocycles. The molecule has 0 bridgehead atoms. The van der Waals surface area contributed by atoms with Crippen LogP contribution in [0.3, 0.4) is 0 Å². The van der Waals surface area contributed by atoms with Gasteiger partial charge in [0.25, 0.3) is 0 Å². The zero-order valence-corrected chi connectivity index (χ0v) is 10.7. The summed E-state index contributed by atoms with van der Waals surface area (Å²) in [5.74, 6) is 0. The van der Waals surface area contributed by atoms with Gasteiger partial charge in [0.1, 0.15) is 5.15 Å². The Morgan fingerprint density at radius 1 is 1.40 bits per heavy atom. The van der Waals surface area contributed by atoms with Gasteiger partial charge < -0.3 is 4.57 Å². The van der Waals surface area contributed by atoms with E-state index in [1.807, 2.05) is 0 Å². The molecule has 0 aliphatic rings. The topological polar surface area (TPSA) is 81.4 Å². The Kier molecular flexibility index (Phi) is 3.13. The van der Waals surface area contributed by atoms with Crippen molar-refractivity contribution in [2.75, 3.05) is 12.5 Å². The summed E-state index contributed by atoms with van der Waals surface area (Å²) in [6.45, 7) is 0. The van der Waals surface area contributed by atoms with Gasteiger partial charge in [-0.3, -0.25) is 0 Å². The minimum atomic E-state index is -4.04. The molecule has 0 aromatic carbocycles. The standard InChI is InChI=1S/C6H10ClN3O3S2/c1-10-4-8-6(5(10)7)15(12,13)9-14(2,3)11/h4H,1-3H3. The van der Waals surface area contributed by atoms with Crippen LogP contribution in [0.1, 0.15) is 0 Å². The first kappa shape index (κ1) is 12.5. The van der Waals surface area contributed by atoms with Gasteiger partial charge in [0.05, 0.1) is 16.1 Å². The Hall–Kier alpha value is -0.600. The summed E-state index contributed by atoms with van der Waals surface area (Å²) in [4.78, 5) is 3.59.